The lowest BCUT2D eigenvalue weighted by atomic mass is 9.73. The second kappa shape index (κ2) is 13.6. The highest BCUT2D eigenvalue weighted by molar-refractivity contribution is 14.0. The van der Waals surface area contributed by atoms with Crippen LogP contribution in [0.25, 0.3) is 0 Å². The number of halogens is 1. The van der Waals surface area contributed by atoms with Crippen molar-refractivity contribution < 1.29 is 9.53 Å². The van der Waals surface area contributed by atoms with Crippen LogP contribution in [-0.4, -0.2) is 88.2 Å². The number of hydrogen-bond donors (Lipinski definition) is 2. The molecule has 0 aromatic heterocycles. The van der Waals surface area contributed by atoms with E-state index in [0.717, 1.165) is 58.3 Å². The minimum atomic E-state index is 0. The number of amides is 1. The van der Waals surface area contributed by atoms with Crippen molar-refractivity contribution >= 4 is 35.8 Å². The first-order valence-electron chi connectivity index (χ1n) is 10.6. The van der Waals surface area contributed by atoms with Crippen molar-refractivity contribution in [2.24, 2.45) is 10.4 Å². The largest absolute Gasteiger partial charge is 0.379 e. The molecular weight excluding hydrogens is 469 g/mol. The highest BCUT2D eigenvalue weighted by Gasteiger charge is 2.34. The average molecular weight is 509 g/mol. The lowest BCUT2D eigenvalue weighted by molar-refractivity contribution is -0.127. The van der Waals surface area contributed by atoms with Crippen molar-refractivity contribution in [3.63, 3.8) is 0 Å². The molecule has 28 heavy (non-hydrogen) atoms. The second-order valence-corrected chi connectivity index (χ2v) is 8.18. The summed E-state index contributed by atoms with van der Waals surface area (Å²) in [6.45, 7) is 8.98. The van der Waals surface area contributed by atoms with Gasteiger partial charge in [-0.25, -0.2) is 4.99 Å². The molecule has 0 aromatic carbocycles. The molecule has 1 saturated heterocycles. The number of rotatable bonds is 8. The lowest BCUT2D eigenvalue weighted by Crippen LogP contribution is -2.51. The van der Waals surface area contributed by atoms with Gasteiger partial charge >= 0.3 is 0 Å². The third-order valence-electron chi connectivity index (χ3n) is 5.62. The van der Waals surface area contributed by atoms with E-state index in [1.165, 1.54) is 32.1 Å². The number of nitrogens with zero attached hydrogens (tertiary/aromatic N) is 3. The first-order valence-corrected chi connectivity index (χ1v) is 10.6. The van der Waals surface area contributed by atoms with E-state index in [0.29, 0.717) is 0 Å². The van der Waals surface area contributed by atoms with Gasteiger partial charge in [0.1, 0.15) is 6.54 Å². The van der Waals surface area contributed by atoms with Crippen LogP contribution in [0.3, 0.4) is 0 Å². The van der Waals surface area contributed by atoms with Gasteiger partial charge in [0, 0.05) is 52.2 Å². The fourth-order valence-corrected chi connectivity index (χ4v) is 3.90. The number of aliphatic imine (C=N–C) groups is 1. The van der Waals surface area contributed by atoms with Crippen LogP contribution in [0.15, 0.2) is 4.99 Å². The Labute approximate surface area is 188 Å². The van der Waals surface area contributed by atoms with Crippen LogP contribution in [0.2, 0.25) is 0 Å². The summed E-state index contributed by atoms with van der Waals surface area (Å²) < 4.78 is 5.52. The van der Waals surface area contributed by atoms with Gasteiger partial charge in [-0.2, -0.15) is 0 Å². The molecule has 0 bridgehead atoms. The van der Waals surface area contributed by atoms with Gasteiger partial charge in [-0.15, -0.1) is 24.0 Å². The summed E-state index contributed by atoms with van der Waals surface area (Å²) >= 11 is 0. The van der Waals surface area contributed by atoms with E-state index in [2.05, 4.69) is 27.4 Å². The number of guanidine groups is 1. The Hall–Kier alpha value is -0.610. The fourth-order valence-electron chi connectivity index (χ4n) is 3.90. The van der Waals surface area contributed by atoms with Crippen LogP contribution in [-0.2, 0) is 9.53 Å². The number of ether oxygens (including phenoxy) is 1. The van der Waals surface area contributed by atoms with Gasteiger partial charge in [0.2, 0.25) is 5.91 Å². The smallest absolute Gasteiger partial charge is 0.243 e. The highest BCUT2D eigenvalue weighted by atomic mass is 127. The summed E-state index contributed by atoms with van der Waals surface area (Å²) in [6, 6.07) is 0. The first-order chi connectivity index (χ1) is 13.0. The quantitative estimate of drug-likeness (QED) is 0.297. The predicted molar refractivity (Wildman–Crippen MR) is 125 cm³/mol. The Balaban J connectivity index is 0.00000392. The molecule has 0 spiro atoms. The second-order valence-electron chi connectivity index (χ2n) is 8.18. The van der Waals surface area contributed by atoms with Gasteiger partial charge in [-0.05, 0) is 19.3 Å². The van der Waals surface area contributed by atoms with Crippen LogP contribution >= 0.6 is 24.0 Å². The number of nitrogens with one attached hydrogen (secondary N) is 2. The van der Waals surface area contributed by atoms with Gasteiger partial charge in [0.05, 0.1) is 13.2 Å². The third-order valence-corrected chi connectivity index (χ3v) is 5.62. The van der Waals surface area contributed by atoms with Crippen molar-refractivity contribution in [3.8, 4) is 0 Å². The molecule has 2 fully saturated rings. The monoisotopic (exact) mass is 509 g/mol. The lowest BCUT2D eigenvalue weighted by Gasteiger charge is -2.42. The maximum Gasteiger partial charge on any atom is 0.243 e. The molecule has 1 amide bonds. The van der Waals surface area contributed by atoms with Crippen LogP contribution < -0.4 is 10.6 Å². The maximum absolute atomic E-state index is 11.9. The van der Waals surface area contributed by atoms with Crippen LogP contribution in [0.1, 0.15) is 45.4 Å². The SMILES string of the molecule is CCCNC(=NCC(=O)N(C)C)NCC1(CN2CCOCC2)CCCCC1.I. The number of carbonyl (C=O) groups excluding carboxylic acids is 1. The molecule has 0 radical (unpaired) electrons. The summed E-state index contributed by atoms with van der Waals surface area (Å²) in [5, 5.41) is 6.92. The molecule has 1 heterocycles. The molecule has 2 rings (SSSR count). The molecule has 0 aromatic rings. The number of carbonyl (C=O) groups is 1. The number of hydrogen-bond acceptors (Lipinski definition) is 4. The Morgan fingerprint density at radius 3 is 2.43 bits per heavy atom. The van der Waals surface area contributed by atoms with Crippen molar-refractivity contribution in [2.75, 3.05) is 66.6 Å². The molecule has 164 valence electrons. The molecule has 2 aliphatic rings. The topological polar surface area (TPSA) is 69.2 Å². The van der Waals surface area contributed by atoms with E-state index in [4.69, 9.17) is 4.74 Å². The molecule has 1 aliphatic carbocycles. The van der Waals surface area contributed by atoms with Gasteiger partial charge in [0.25, 0.3) is 0 Å². The Kier molecular flexibility index (Phi) is 12.3. The van der Waals surface area contributed by atoms with E-state index in [-0.39, 0.29) is 41.8 Å². The Morgan fingerprint density at radius 1 is 1.14 bits per heavy atom. The zero-order chi connectivity index (χ0) is 19.5. The minimum absolute atomic E-state index is 0. The van der Waals surface area contributed by atoms with Crippen LogP contribution in [0, 0.1) is 5.41 Å². The summed E-state index contributed by atoms with van der Waals surface area (Å²) in [5.41, 5.74) is 0.288. The summed E-state index contributed by atoms with van der Waals surface area (Å²) in [7, 11) is 3.54. The van der Waals surface area contributed by atoms with Crippen molar-refractivity contribution in [1.29, 1.82) is 0 Å². The zero-order valence-electron chi connectivity index (χ0n) is 18.0. The minimum Gasteiger partial charge on any atom is -0.379 e. The van der Waals surface area contributed by atoms with Crippen molar-refractivity contribution in [3.05, 3.63) is 0 Å². The zero-order valence-corrected chi connectivity index (χ0v) is 20.3. The third kappa shape index (κ3) is 8.82. The van der Waals surface area contributed by atoms with E-state index in [9.17, 15) is 4.79 Å². The van der Waals surface area contributed by atoms with Crippen molar-refractivity contribution in [2.45, 2.75) is 45.4 Å². The van der Waals surface area contributed by atoms with E-state index >= 15 is 0 Å². The van der Waals surface area contributed by atoms with E-state index in [1.54, 1.807) is 19.0 Å². The standard InChI is InChI=1S/C20H39N5O2.HI/c1-4-10-21-19(22-15-18(26)24(2)3)23-16-20(8-6-5-7-9-20)17-25-11-13-27-14-12-25;/h4-17H2,1-3H3,(H2,21,22,23);1H. The molecule has 0 atom stereocenters. The molecule has 2 N–H and O–H groups in total. The first kappa shape index (κ1) is 25.4. The Bertz CT molecular complexity index is 475. The fraction of sp³-hybridized carbons (Fsp3) is 0.900. The molecule has 0 unspecified atom stereocenters. The highest BCUT2D eigenvalue weighted by Crippen LogP contribution is 2.36. The summed E-state index contributed by atoms with van der Waals surface area (Å²) in [4.78, 5) is 20.6. The van der Waals surface area contributed by atoms with Crippen LogP contribution in [0.5, 0.6) is 0 Å². The Morgan fingerprint density at radius 2 is 1.82 bits per heavy atom. The number of likely N-dealkylation sites (N-methyl/N-ethyl adjacent to an activating group) is 1. The molecule has 8 heteroatoms. The van der Waals surface area contributed by atoms with E-state index < -0.39 is 0 Å². The molecule has 1 saturated carbocycles. The van der Waals surface area contributed by atoms with Gasteiger partial charge in [0.15, 0.2) is 5.96 Å². The van der Waals surface area contributed by atoms with E-state index in [1.807, 2.05) is 0 Å². The van der Waals surface area contributed by atoms with Gasteiger partial charge < -0.3 is 20.3 Å². The summed E-state index contributed by atoms with van der Waals surface area (Å²) in [5.74, 6) is 0.785. The number of morpholine rings is 1. The molecule has 1 aliphatic heterocycles. The normalized spacial score (nSPS) is 20.2. The molecule has 7 nitrogen and oxygen atoms in total. The average Bonchev–Trinajstić information content (AvgIpc) is 2.68. The maximum atomic E-state index is 11.9. The molecular formula is C20H40IN5O2. The van der Waals surface area contributed by atoms with Gasteiger partial charge in [-0.1, -0.05) is 26.2 Å². The summed E-state index contributed by atoms with van der Waals surface area (Å²) in [6.07, 6.45) is 7.50. The van der Waals surface area contributed by atoms with Gasteiger partial charge in [-0.3, -0.25) is 9.69 Å². The predicted octanol–water partition coefficient (Wildman–Crippen LogP) is 1.92. The van der Waals surface area contributed by atoms with Crippen molar-refractivity contribution in [1.82, 2.24) is 20.4 Å². The van der Waals surface area contributed by atoms with Crippen LogP contribution in [0.4, 0.5) is 0 Å².